The molecule has 1 fully saturated rings. The molecule has 0 aromatic carbocycles. The van der Waals surface area contributed by atoms with E-state index in [1.807, 2.05) is 12.5 Å². The van der Waals surface area contributed by atoms with Crippen LogP contribution in [0.5, 0.6) is 0 Å². The summed E-state index contributed by atoms with van der Waals surface area (Å²) in [4.78, 5) is 4.29. The molecule has 4 heteroatoms. The number of ether oxygens (including phenoxy) is 1. The minimum Gasteiger partial charge on any atom is -0.379 e. The van der Waals surface area contributed by atoms with Crippen molar-refractivity contribution in [3.8, 4) is 0 Å². The Morgan fingerprint density at radius 2 is 2.39 bits per heavy atom. The van der Waals surface area contributed by atoms with E-state index < -0.39 is 0 Å². The van der Waals surface area contributed by atoms with Crippen LogP contribution in [0.4, 0.5) is 0 Å². The quantitative estimate of drug-likeness (QED) is 0.757. The van der Waals surface area contributed by atoms with Gasteiger partial charge in [-0.3, -0.25) is 0 Å². The van der Waals surface area contributed by atoms with Crippen LogP contribution in [-0.4, -0.2) is 28.8 Å². The fourth-order valence-corrected chi connectivity index (χ4v) is 2.45. The molecule has 2 heterocycles. The Balaban J connectivity index is 1.74. The van der Waals surface area contributed by atoms with Gasteiger partial charge in [-0.2, -0.15) is 0 Å². The summed E-state index contributed by atoms with van der Waals surface area (Å²) in [6.45, 7) is 7.22. The van der Waals surface area contributed by atoms with Crippen LogP contribution in [0.3, 0.4) is 0 Å². The maximum atomic E-state index is 5.55. The Morgan fingerprint density at radius 1 is 1.50 bits per heavy atom. The van der Waals surface area contributed by atoms with E-state index in [-0.39, 0.29) is 0 Å². The van der Waals surface area contributed by atoms with Crippen molar-refractivity contribution in [2.75, 3.05) is 13.2 Å². The first-order chi connectivity index (χ1) is 8.77. The van der Waals surface area contributed by atoms with E-state index in [0.717, 1.165) is 32.5 Å². The molecule has 1 N–H and O–H groups in total. The summed E-state index contributed by atoms with van der Waals surface area (Å²) in [6.07, 6.45) is 9.10. The maximum Gasteiger partial charge on any atom is 0.0948 e. The van der Waals surface area contributed by atoms with Gasteiger partial charge in [-0.25, -0.2) is 4.98 Å². The van der Waals surface area contributed by atoms with Gasteiger partial charge in [0.05, 0.1) is 18.1 Å². The van der Waals surface area contributed by atoms with Gasteiger partial charge in [-0.15, -0.1) is 0 Å². The van der Waals surface area contributed by atoms with E-state index in [1.165, 1.54) is 18.5 Å². The molecule has 0 saturated carbocycles. The zero-order valence-corrected chi connectivity index (χ0v) is 11.6. The highest BCUT2D eigenvalue weighted by atomic mass is 16.5. The number of unbranched alkanes of at least 4 members (excludes halogenated alkanes) is 1. The number of aromatic nitrogens is 2. The number of hydrogen-bond acceptors (Lipinski definition) is 3. The molecule has 0 amide bonds. The molecule has 1 aromatic rings. The van der Waals surface area contributed by atoms with Crippen molar-refractivity contribution in [2.24, 2.45) is 0 Å². The van der Waals surface area contributed by atoms with Gasteiger partial charge in [0.2, 0.25) is 0 Å². The smallest absolute Gasteiger partial charge is 0.0948 e. The Bertz CT molecular complexity index is 343. The molecule has 0 bridgehead atoms. The van der Waals surface area contributed by atoms with Gasteiger partial charge in [-0.05, 0) is 46.1 Å². The average molecular weight is 251 g/mol. The molecule has 18 heavy (non-hydrogen) atoms. The van der Waals surface area contributed by atoms with Crippen molar-refractivity contribution in [3.05, 3.63) is 18.2 Å². The van der Waals surface area contributed by atoms with Gasteiger partial charge < -0.3 is 14.6 Å². The van der Waals surface area contributed by atoms with Crippen LogP contribution in [0.25, 0.3) is 0 Å². The second-order valence-electron chi connectivity index (χ2n) is 5.29. The van der Waals surface area contributed by atoms with Crippen LogP contribution in [-0.2, 0) is 11.3 Å². The number of nitrogens with one attached hydrogen (secondary N) is 1. The zero-order chi connectivity index (χ0) is 12.8. The lowest BCUT2D eigenvalue weighted by Crippen LogP contribution is -2.17. The van der Waals surface area contributed by atoms with Crippen molar-refractivity contribution in [3.63, 3.8) is 0 Å². The van der Waals surface area contributed by atoms with Gasteiger partial charge in [-0.1, -0.05) is 0 Å². The molecular weight excluding hydrogens is 226 g/mol. The molecule has 2 rings (SSSR count). The second-order valence-corrected chi connectivity index (χ2v) is 5.29. The Hall–Kier alpha value is -0.870. The van der Waals surface area contributed by atoms with Crippen LogP contribution in [0.15, 0.2) is 12.5 Å². The standard InChI is InChI=1S/C14H25N3O/c1-12(2)18-9-4-3-8-17-11-15-10-14(17)13-6-5-7-16-13/h10-13,16H,3-9H2,1-2H3/t13-/m0/s1. The third-order valence-corrected chi connectivity index (χ3v) is 3.41. The van der Waals surface area contributed by atoms with E-state index in [0.29, 0.717) is 12.1 Å². The summed E-state index contributed by atoms with van der Waals surface area (Å²) in [7, 11) is 0. The van der Waals surface area contributed by atoms with Gasteiger partial charge in [0.1, 0.15) is 0 Å². The molecule has 4 nitrogen and oxygen atoms in total. The van der Waals surface area contributed by atoms with E-state index in [9.17, 15) is 0 Å². The summed E-state index contributed by atoms with van der Waals surface area (Å²) in [5, 5.41) is 3.53. The maximum absolute atomic E-state index is 5.55. The lowest BCUT2D eigenvalue weighted by atomic mass is 10.1. The monoisotopic (exact) mass is 251 g/mol. The van der Waals surface area contributed by atoms with Crippen molar-refractivity contribution in [2.45, 2.75) is 58.2 Å². The normalized spacial score (nSPS) is 19.8. The number of hydrogen-bond donors (Lipinski definition) is 1. The Labute approximate surface area is 110 Å². The van der Waals surface area contributed by atoms with Crippen LogP contribution < -0.4 is 5.32 Å². The van der Waals surface area contributed by atoms with Crippen LogP contribution in [0.1, 0.15) is 51.3 Å². The average Bonchev–Trinajstić information content (AvgIpc) is 2.97. The van der Waals surface area contributed by atoms with Crippen molar-refractivity contribution >= 4 is 0 Å². The van der Waals surface area contributed by atoms with E-state index in [4.69, 9.17) is 4.74 Å². The largest absolute Gasteiger partial charge is 0.379 e. The molecule has 0 aliphatic carbocycles. The first-order valence-corrected chi connectivity index (χ1v) is 7.12. The highest BCUT2D eigenvalue weighted by molar-refractivity contribution is 5.07. The van der Waals surface area contributed by atoms with Crippen molar-refractivity contribution in [1.29, 1.82) is 0 Å². The Morgan fingerprint density at radius 3 is 3.11 bits per heavy atom. The first kappa shape index (κ1) is 13.6. The first-order valence-electron chi connectivity index (χ1n) is 7.12. The van der Waals surface area contributed by atoms with Crippen molar-refractivity contribution in [1.82, 2.24) is 14.9 Å². The van der Waals surface area contributed by atoms with Crippen LogP contribution >= 0.6 is 0 Å². The molecular formula is C14H25N3O. The highest BCUT2D eigenvalue weighted by Crippen LogP contribution is 2.22. The molecule has 1 aromatic heterocycles. The summed E-state index contributed by atoms with van der Waals surface area (Å²) in [5.74, 6) is 0. The minimum absolute atomic E-state index is 0.344. The molecule has 0 spiro atoms. The molecule has 0 radical (unpaired) electrons. The van der Waals surface area contributed by atoms with Crippen molar-refractivity contribution < 1.29 is 4.74 Å². The zero-order valence-electron chi connectivity index (χ0n) is 11.6. The topological polar surface area (TPSA) is 39.1 Å². The number of nitrogens with zero attached hydrogens (tertiary/aromatic N) is 2. The SMILES string of the molecule is CC(C)OCCCCn1cncc1[C@@H]1CCCN1. The predicted octanol–water partition coefficient (Wildman–Crippen LogP) is 2.51. The fraction of sp³-hybridized carbons (Fsp3) is 0.786. The van der Waals surface area contributed by atoms with Gasteiger partial charge >= 0.3 is 0 Å². The number of imidazole rings is 1. The van der Waals surface area contributed by atoms with E-state index in [1.54, 1.807) is 0 Å². The molecule has 1 aliphatic heterocycles. The highest BCUT2D eigenvalue weighted by Gasteiger charge is 2.19. The van der Waals surface area contributed by atoms with Gasteiger partial charge in [0.25, 0.3) is 0 Å². The second kappa shape index (κ2) is 6.90. The summed E-state index contributed by atoms with van der Waals surface area (Å²) >= 11 is 0. The van der Waals surface area contributed by atoms with Gasteiger partial charge in [0, 0.05) is 25.4 Å². The lowest BCUT2D eigenvalue weighted by molar-refractivity contribution is 0.0754. The lowest BCUT2D eigenvalue weighted by Gasteiger charge is -2.14. The van der Waals surface area contributed by atoms with Crippen LogP contribution in [0, 0.1) is 0 Å². The number of aryl methyl sites for hydroxylation is 1. The molecule has 1 saturated heterocycles. The summed E-state index contributed by atoms with van der Waals surface area (Å²) < 4.78 is 7.84. The third kappa shape index (κ3) is 3.82. The minimum atomic E-state index is 0.344. The molecule has 102 valence electrons. The van der Waals surface area contributed by atoms with Crippen LogP contribution in [0.2, 0.25) is 0 Å². The predicted molar refractivity (Wildman–Crippen MR) is 72.5 cm³/mol. The van der Waals surface area contributed by atoms with E-state index >= 15 is 0 Å². The summed E-state index contributed by atoms with van der Waals surface area (Å²) in [6, 6.07) is 0.513. The Kier molecular flexibility index (Phi) is 5.20. The fourth-order valence-electron chi connectivity index (χ4n) is 2.45. The van der Waals surface area contributed by atoms with Gasteiger partial charge in [0.15, 0.2) is 0 Å². The summed E-state index contributed by atoms with van der Waals surface area (Å²) in [5.41, 5.74) is 1.34. The third-order valence-electron chi connectivity index (χ3n) is 3.41. The molecule has 1 aliphatic rings. The molecule has 1 atom stereocenters. The molecule has 0 unspecified atom stereocenters. The van der Waals surface area contributed by atoms with E-state index in [2.05, 4.69) is 28.7 Å². The number of rotatable bonds is 7.